The number of hydrogen-bond donors (Lipinski definition) is 2. The Balaban J connectivity index is 1.73. The highest BCUT2D eigenvalue weighted by atomic mass is 16.5. The average Bonchev–Trinajstić information content (AvgIpc) is 2.99. The van der Waals surface area contributed by atoms with Crippen molar-refractivity contribution in [1.82, 2.24) is 0 Å². The number of nitrogens with two attached hydrogens (primary N) is 1. The summed E-state index contributed by atoms with van der Waals surface area (Å²) in [5.74, 6) is 0.512. The number of hydrogen-bond acceptors (Lipinski definition) is 5. The van der Waals surface area contributed by atoms with Crippen LogP contribution in [0.4, 0.5) is 5.69 Å². The maximum absolute atomic E-state index is 12.1. The quantitative estimate of drug-likeness (QED) is 0.593. The number of rotatable bonds is 7. The first-order chi connectivity index (χ1) is 11.1. The zero-order valence-corrected chi connectivity index (χ0v) is 13.4. The predicted octanol–water partition coefficient (Wildman–Crippen LogP) is 2.08. The molecule has 2 rings (SSSR count). The largest absolute Gasteiger partial charge is 0.494 e. The molecule has 126 valence electrons. The molecule has 1 amide bonds. The van der Waals surface area contributed by atoms with Crippen molar-refractivity contribution in [2.45, 2.75) is 38.1 Å². The van der Waals surface area contributed by atoms with Crippen molar-refractivity contribution in [1.29, 1.82) is 0 Å². The summed E-state index contributed by atoms with van der Waals surface area (Å²) in [6.07, 6.45) is 3.47. The molecule has 1 aliphatic rings. The van der Waals surface area contributed by atoms with Crippen LogP contribution in [0.15, 0.2) is 24.3 Å². The number of methoxy groups -OCH3 is 1. The number of anilines is 1. The zero-order chi connectivity index (χ0) is 16.7. The predicted molar refractivity (Wildman–Crippen MR) is 87.1 cm³/mol. The van der Waals surface area contributed by atoms with Gasteiger partial charge in [0.05, 0.1) is 13.7 Å². The molecule has 0 bridgehead atoms. The van der Waals surface area contributed by atoms with E-state index in [0.717, 1.165) is 24.9 Å². The molecule has 0 saturated heterocycles. The van der Waals surface area contributed by atoms with E-state index in [4.69, 9.17) is 10.5 Å². The van der Waals surface area contributed by atoms with Gasteiger partial charge in [0, 0.05) is 24.1 Å². The summed E-state index contributed by atoms with van der Waals surface area (Å²) in [6.45, 7) is 0.445. The highest BCUT2D eigenvalue weighted by molar-refractivity contribution is 5.92. The number of benzene rings is 1. The van der Waals surface area contributed by atoms with E-state index in [1.807, 2.05) is 12.1 Å². The van der Waals surface area contributed by atoms with Crippen LogP contribution in [0.5, 0.6) is 5.75 Å². The second-order valence-corrected chi connectivity index (χ2v) is 5.81. The van der Waals surface area contributed by atoms with Crippen LogP contribution in [0.3, 0.4) is 0 Å². The second-order valence-electron chi connectivity index (χ2n) is 5.81. The van der Waals surface area contributed by atoms with Crippen LogP contribution in [0, 0.1) is 5.92 Å². The number of esters is 1. The molecule has 0 aliphatic heterocycles. The van der Waals surface area contributed by atoms with Crippen LogP contribution >= 0.6 is 0 Å². The minimum Gasteiger partial charge on any atom is -0.494 e. The van der Waals surface area contributed by atoms with Gasteiger partial charge in [-0.25, -0.2) is 0 Å². The van der Waals surface area contributed by atoms with E-state index in [0.29, 0.717) is 25.2 Å². The Morgan fingerprint density at radius 1 is 1.26 bits per heavy atom. The molecule has 23 heavy (non-hydrogen) atoms. The van der Waals surface area contributed by atoms with E-state index >= 15 is 0 Å². The molecular weight excluding hydrogens is 296 g/mol. The molecule has 1 aromatic carbocycles. The van der Waals surface area contributed by atoms with Gasteiger partial charge in [-0.1, -0.05) is 0 Å². The van der Waals surface area contributed by atoms with Crippen molar-refractivity contribution in [3.63, 3.8) is 0 Å². The van der Waals surface area contributed by atoms with Crippen LogP contribution in [-0.2, 0) is 14.3 Å². The fourth-order valence-electron chi connectivity index (χ4n) is 2.64. The number of carbonyl (C=O) groups is 2. The van der Waals surface area contributed by atoms with Gasteiger partial charge in [0.15, 0.2) is 0 Å². The summed E-state index contributed by atoms with van der Waals surface area (Å²) in [5.41, 5.74) is 6.58. The van der Waals surface area contributed by atoms with E-state index in [-0.39, 0.29) is 23.8 Å². The minimum atomic E-state index is -0.238. The first-order valence-corrected chi connectivity index (χ1v) is 7.94. The Labute approximate surface area is 136 Å². The third-order valence-corrected chi connectivity index (χ3v) is 3.99. The van der Waals surface area contributed by atoms with Crippen molar-refractivity contribution in [2.24, 2.45) is 11.7 Å². The smallest absolute Gasteiger partial charge is 0.305 e. The Morgan fingerprint density at radius 2 is 2.00 bits per heavy atom. The third-order valence-electron chi connectivity index (χ3n) is 3.99. The fourth-order valence-corrected chi connectivity index (χ4v) is 2.64. The maximum atomic E-state index is 12.1. The lowest BCUT2D eigenvalue weighted by Crippen LogP contribution is -2.23. The number of ether oxygens (including phenoxy) is 2. The molecule has 0 heterocycles. The normalized spacial score (nSPS) is 20.1. The molecule has 1 aliphatic carbocycles. The lowest BCUT2D eigenvalue weighted by molar-refractivity contribution is -0.140. The van der Waals surface area contributed by atoms with Gasteiger partial charge in [-0.2, -0.15) is 0 Å². The van der Waals surface area contributed by atoms with Gasteiger partial charge >= 0.3 is 5.97 Å². The third kappa shape index (κ3) is 5.56. The van der Waals surface area contributed by atoms with Gasteiger partial charge in [0.1, 0.15) is 5.75 Å². The zero-order valence-electron chi connectivity index (χ0n) is 13.4. The molecule has 0 spiro atoms. The minimum absolute atomic E-state index is 0.0132. The number of amides is 1. The van der Waals surface area contributed by atoms with Crippen LogP contribution in [0.2, 0.25) is 0 Å². The Hall–Kier alpha value is -2.08. The van der Waals surface area contributed by atoms with E-state index < -0.39 is 0 Å². The van der Waals surface area contributed by atoms with Crippen LogP contribution < -0.4 is 15.8 Å². The second kappa shape index (κ2) is 8.53. The van der Waals surface area contributed by atoms with Crippen molar-refractivity contribution in [3.8, 4) is 5.75 Å². The highest BCUT2D eigenvalue weighted by Crippen LogP contribution is 2.26. The van der Waals surface area contributed by atoms with E-state index in [9.17, 15) is 9.59 Å². The molecule has 0 aromatic heterocycles. The van der Waals surface area contributed by atoms with Crippen LogP contribution in [0.25, 0.3) is 0 Å². The molecular formula is C17H24N2O4. The molecule has 1 aromatic rings. The maximum Gasteiger partial charge on any atom is 0.305 e. The molecule has 0 radical (unpaired) electrons. The average molecular weight is 320 g/mol. The fraction of sp³-hybridized carbons (Fsp3) is 0.529. The van der Waals surface area contributed by atoms with Gasteiger partial charge in [-0.3, -0.25) is 9.59 Å². The van der Waals surface area contributed by atoms with E-state index in [2.05, 4.69) is 10.1 Å². The SMILES string of the molecule is COC(=O)CCCOc1ccc(NC(=O)C2CCC(N)C2)cc1. The first-order valence-electron chi connectivity index (χ1n) is 7.94. The molecule has 3 N–H and O–H groups in total. The standard InChI is InChI=1S/C17H24N2O4/c1-22-16(20)3-2-10-23-15-8-6-14(7-9-15)19-17(21)12-4-5-13(18)11-12/h6-9,12-13H,2-5,10-11,18H2,1H3,(H,19,21). The van der Waals surface area contributed by atoms with Crippen LogP contribution in [-0.4, -0.2) is 31.6 Å². The molecule has 2 unspecified atom stereocenters. The molecule has 6 nitrogen and oxygen atoms in total. The van der Waals surface area contributed by atoms with E-state index in [1.165, 1.54) is 7.11 Å². The van der Waals surface area contributed by atoms with Gasteiger partial charge in [0.2, 0.25) is 5.91 Å². The summed E-state index contributed by atoms with van der Waals surface area (Å²) >= 11 is 0. The molecule has 6 heteroatoms. The van der Waals surface area contributed by atoms with E-state index in [1.54, 1.807) is 12.1 Å². The summed E-state index contributed by atoms with van der Waals surface area (Å²) in [4.78, 5) is 23.1. The van der Waals surface area contributed by atoms with Crippen molar-refractivity contribution in [2.75, 3.05) is 19.0 Å². The van der Waals surface area contributed by atoms with Gasteiger partial charge in [-0.05, 0) is 49.9 Å². The molecule has 1 fully saturated rings. The summed E-state index contributed by atoms with van der Waals surface area (Å²) in [5, 5.41) is 2.91. The van der Waals surface area contributed by atoms with Gasteiger partial charge in [-0.15, -0.1) is 0 Å². The Kier molecular flexibility index (Phi) is 6.40. The van der Waals surface area contributed by atoms with Crippen molar-refractivity contribution < 1.29 is 19.1 Å². The monoisotopic (exact) mass is 320 g/mol. The van der Waals surface area contributed by atoms with Crippen LogP contribution in [0.1, 0.15) is 32.1 Å². The summed E-state index contributed by atoms with van der Waals surface area (Å²) in [7, 11) is 1.37. The molecule has 1 saturated carbocycles. The highest BCUT2D eigenvalue weighted by Gasteiger charge is 2.27. The molecule has 2 atom stereocenters. The topological polar surface area (TPSA) is 90.6 Å². The van der Waals surface area contributed by atoms with Crippen molar-refractivity contribution in [3.05, 3.63) is 24.3 Å². The van der Waals surface area contributed by atoms with Gasteiger partial charge in [0.25, 0.3) is 0 Å². The summed E-state index contributed by atoms with van der Waals surface area (Å²) < 4.78 is 10.1. The lowest BCUT2D eigenvalue weighted by atomic mass is 10.1. The first kappa shape index (κ1) is 17.3. The summed E-state index contributed by atoms with van der Waals surface area (Å²) in [6, 6.07) is 7.36. The lowest BCUT2D eigenvalue weighted by Gasteiger charge is -2.11. The van der Waals surface area contributed by atoms with Crippen molar-refractivity contribution >= 4 is 17.6 Å². The number of carbonyl (C=O) groups excluding carboxylic acids is 2. The Bertz CT molecular complexity index is 530. The number of nitrogens with one attached hydrogen (secondary N) is 1. The Morgan fingerprint density at radius 3 is 2.61 bits per heavy atom. The van der Waals surface area contributed by atoms with Gasteiger partial charge < -0.3 is 20.5 Å².